The number of hydrogen-bond acceptors (Lipinski definition) is 6. The fourth-order valence-electron chi connectivity index (χ4n) is 4.89. The van der Waals surface area contributed by atoms with Gasteiger partial charge in [0.2, 0.25) is 5.91 Å². The van der Waals surface area contributed by atoms with Gasteiger partial charge >= 0.3 is 0 Å². The standard InChI is InChI=1S/C27H30ClN5OS/c28-23-19-24(30-27(29-23)35-20-25(34)32-13-7-8-14-32)31-15-17-33(18-16-31)26(21-9-3-1-4-10-21)22-11-5-2-6-12-22/h1-6,9-12,19,26H,7-8,13-18,20H2. The first-order valence-corrected chi connectivity index (χ1v) is 13.6. The molecule has 2 aliphatic rings. The average molecular weight is 508 g/mol. The maximum Gasteiger partial charge on any atom is 0.233 e. The topological polar surface area (TPSA) is 52.6 Å². The fraction of sp³-hybridized carbons (Fsp3) is 0.370. The van der Waals surface area contributed by atoms with E-state index in [2.05, 4.69) is 75.4 Å². The van der Waals surface area contributed by atoms with Crippen molar-refractivity contribution in [1.29, 1.82) is 0 Å². The molecule has 0 spiro atoms. The van der Waals surface area contributed by atoms with Crippen molar-refractivity contribution in [3.63, 3.8) is 0 Å². The van der Waals surface area contributed by atoms with Crippen LogP contribution in [0.3, 0.4) is 0 Å². The van der Waals surface area contributed by atoms with Gasteiger partial charge in [0.15, 0.2) is 5.16 Å². The predicted octanol–water partition coefficient (Wildman–Crippen LogP) is 4.76. The Morgan fingerprint density at radius 3 is 2.06 bits per heavy atom. The number of carbonyl (C=O) groups is 1. The van der Waals surface area contributed by atoms with Gasteiger partial charge in [0, 0.05) is 45.3 Å². The summed E-state index contributed by atoms with van der Waals surface area (Å²) >= 11 is 7.73. The summed E-state index contributed by atoms with van der Waals surface area (Å²) in [6.45, 7) is 5.23. The van der Waals surface area contributed by atoms with Gasteiger partial charge in [0.1, 0.15) is 11.0 Å². The highest BCUT2D eigenvalue weighted by Crippen LogP contribution is 2.31. The summed E-state index contributed by atoms with van der Waals surface area (Å²) in [5, 5.41) is 0.980. The molecule has 5 rings (SSSR count). The molecule has 3 aromatic rings. The first-order chi connectivity index (χ1) is 17.2. The number of likely N-dealkylation sites (tertiary alicyclic amines) is 1. The van der Waals surface area contributed by atoms with Crippen LogP contribution in [-0.4, -0.2) is 70.7 Å². The Morgan fingerprint density at radius 1 is 0.857 bits per heavy atom. The third-order valence-corrected chi connectivity index (χ3v) is 7.70. The van der Waals surface area contributed by atoms with Crippen molar-refractivity contribution in [2.75, 3.05) is 49.9 Å². The molecule has 0 bridgehead atoms. The molecule has 2 saturated heterocycles. The van der Waals surface area contributed by atoms with Crippen LogP contribution in [0.25, 0.3) is 0 Å². The lowest BCUT2D eigenvalue weighted by molar-refractivity contribution is -0.127. The van der Waals surface area contributed by atoms with Crippen LogP contribution in [0.2, 0.25) is 5.15 Å². The number of nitrogens with zero attached hydrogens (tertiary/aromatic N) is 5. The first-order valence-electron chi connectivity index (χ1n) is 12.2. The molecular formula is C27H30ClN5OS. The Morgan fingerprint density at radius 2 is 1.46 bits per heavy atom. The van der Waals surface area contributed by atoms with Crippen LogP contribution < -0.4 is 4.90 Å². The quantitative estimate of drug-likeness (QED) is 0.261. The Balaban J connectivity index is 1.26. The number of aromatic nitrogens is 2. The zero-order chi connectivity index (χ0) is 24.0. The van der Waals surface area contributed by atoms with E-state index in [1.165, 1.54) is 22.9 Å². The smallest absolute Gasteiger partial charge is 0.233 e. The zero-order valence-corrected chi connectivity index (χ0v) is 21.3. The molecule has 1 amide bonds. The highest BCUT2D eigenvalue weighted by Gasteiger charge is 2.27. The number of benzene rings is 2. The summed E-state index contributed by atoms with van der Waals surface area (Å²) in [6.07, 6.45) is 2.19. The maximum absolute atomic E-state index is 12.4. The number of thioether (sulfide) groups is 1. The lowest BCUT2D eigenvalue weighted by Gasteiger charge is -2.40. The summed E-state index contributed by atoms with van der Waals surface area (Å²) in [6, 6.07) is 23.5. The van der Waals surface area contributed by atoms with E-state index in [-0.39, 0.29) is 11.9 Å². The van der Waals surface area contributed by atoms with Gasteiger partial charge in [0.05, 0.1) is 11.8 Å². The monoisotopic (exact) mass is 507 g/mol. The second-order valence-corrected chi connectivity index (χ2v) is 10.3. The minimum atomic E-state index is 0.152. The summed E-state index contributed by atoms with van der Waals surface area (Å²) < 4.78 is 0. The second-order valence-electron chi connectivity index (χ2n) is 8.95. The molecule has 3 heterocycles. The molecule has 2 aliphatic heterocycles. The van der Waals surface area contributed by atoms with E-state index in [4.69, 9.17) is 16.6 Å². The molecule has 35 heavy (non-hydrogen) atoms. The van der Waals surface area contributed by atoms with Crippen molar-refractivity contribution in [3.8, 4) is 0 Å². The minimum Gasteiger partial charge on any atom is -0.354 e. The number of carbonyl (C=O) groups excluding carboxylic acids is 1. The Hall–Kier alpha value is -2.61. The maximum atomic E-state index is 12.4. The molecule has 8 heteroatoms. The van der Waals surface area contributed by atoms with Crippen molar-refractivity contribution >= 4 is 35.1 Å². The van der Waals surface area contributed by atoms with Crippen molar-refractivity contribution in [2.24, 2.45) is 0 Å². The number of anilines is 1. The van der Waals surface area contributed by atoms with Gasteiger partial charge in [-0.25, -0.2) is 9.97 Å². The molecule has 1 aromatic heterocycles. The van der Waals surface area contributed by atoms with Crippen LogP contribution in [-0.2, 0) is 4.79 Å². The molecular weight excluding hydrogens is 478 g/mol. The SMILES string of the molecule is O=C(CSc1nc(Cl)cc(N2CCN(C(c3ccccc3)c3ccccc3)CC2)n1)N1CCCC1. The van der Waals surface area contributed by atoms with E-state index in [1.54, 1.807) is 0 Å². The summed E-state index contributed by atoms with van der Waals surface area (Å²) in [5.41, 5.74) is 2.61. The normalized spacial score (nSPS) is 16.7. The van der Waals surface area contributed by atoms with E-state index in [1.807, 2.05) is 11.0 Å². The highest BCUT2D eigenvalue weighted by molar-refractivity contribution is 7.99. The molecule has 6 nitrogen and oxygen atoms in total. The summed E-state index contributed by atoms with van der Waals surface area (Å²) in [5.74, 6) is 1.33. The van der Waals surface area contributed by atoms with Gasteiger partial charge in [-0.15, -0.1) is 0 Å². The van der Waals surface area contributed by atoms with Crippen molar-refractivity contribution in [3.05, 3.63) is 83.0 Å². The Kier molecular flexibility index (Phi) is 7.86. The third-order valence-electron chi connectivity index (χ3n) is 6.68. The van der Waals surface area contributed by atoms with E-state index in [0.717, 1.165) is 57.9 Å². The van der Waals surface area contributed by atoms with Crippen LogP contribution in [0.15, 0.2) is 71.9 Å². The number of rotatable bonds is 7. The molecule has 0 N–H and O–H groups in total. The molecule has 0 atom stereocenters. The van der Waals surface area contributed by atoms with Gasteiger partial charge in [-0.2, -0.15) is 0 Å². The van der Waals surface area contributed by atoms with Crippen LogP contribution in [0.1, 0.15) is 30.0 Å². The molecule has 2 aromatic carbocycles. The second kappa shape index (κ2) is 11.4. The molecule has 2 fully saturated rings. The predicted molar refractivity (Wildman–Crippen MR) is 142 cm³/mol. The van der Waals surface area contributed by atoms with Gasteiger partial charge in [0.25, 0.3) is 0 Å². The third kappa shape index (κ3) is 5.97. The molecule has 0 unspecified atom stereocenters. The minimum absolute atomic E-state index is 0.152. The van der Waals surface area contributed by atoms with Crippen molar-refractivity contribution < 1.29 is 4.79 Å². The van der Waals surface area contributed by atoms with Gasteiger partial charge in [-0.1, -0.05) is 84.0 Å². The van der Waals surface area contributed by atoms with Crippen LogP contribution in [0.5, 0.6) is 0 Å². The molecule has 0 aliphatic carbocycles. The van der Waals surface area contributed by atoms with Gasteiger partial charge in [-0.05, 0) is 24.0 Å². The van der Waals surface area contributed by atoms with E-state index in [9.17, 15) is 4.79 Å². The lowest BCUT2D eigenvalue weighted by Crippen LogP contribution is -2.48. The van der Waals surface area contributed by atoms with Crippen molar-refractivity contribution in [1.82, 2.24) is 19.8 Å². The first kappa shape index (κ1) is 24.1. The van der Waals surface area contributed by atoms with Gasteiger partial charge < -0.3 is 9.80 Å². The zero-order valence-electron chi connectivity index (χ0n) is 19.7. The van der Waals surface area contributed by atoms with E-state index < -0.39 is 0 Å². The number of amides is 1. The average Bonchev–Trinajstić information content (AvgIpc) is 3.44. The molecule has 0 radical (unpaired) electrons. The van der Waals surface area contributed by atoms with E-state index in [0.29, 0.717) is 16.1 Å². The Bertz CT molecular complexity index is 1080. The number of hydrogen-bond donors (Lipinski definition) is 0. The summed E-state index contributed by atoms with van der Waals surface area (Å²) in [7, 11) is 0. The van der Waals surface area contributed by atoms with Crippen molar-refractivity contribution in [2.45, 2.75) is 24.0 Å². The fourth-order valence-corrected chi connectivity index (χ4v) is 5.87. The summed E-state index contributed by atoms with van der Waals surface area (Å²) in [4.78, 5) is 28.3. The van der Waals surface area contributed by atoms with Crippen LogP contribution in [0, 0.1) is 0 Å². The van der Waals surface area contributed by atoms with E-state index >= 15 is 0 Å². The molecule has 182 valence electrons. The highest BCUT2D eigenvalue weighted by atomic mass is 35.5. The number of halogens is 1. The van der Waals surface area contributed by atoms with Crippen LogP contribution >= 0.6 is 23.4 Å². The number of piperazine rings is 1. The van der Waals surface area contributed by atoms with Gasteiger partial charge in [-0.3, -0.25) is 9.69 Å². The van der Waals surface area contributed by atoms with Crippen LogP contribution in [0.4, 0.5) is 5.82 Å². The Labute approximate surface area is 216 Å². The molecule has 0 saturated carbocycles. The largest absolute Gasteiger partial charge is 0.354 e. The lowest BCUT2D eigenvalue weighted by atomic mass is 9.96.